The van der Waals surface area contributed by atoms with Crippen molar-refractivity contribution in [1.29, 1.82) is 0 Å². The average Bonchev–Trinajstić information content (AvgIpc) is 0.797. The van der Waals surface area contributed by atoms with Crippen LogP contribution in [0.5, 0.6) is 23.0 Å². The van der Waals surface area contributed by atoms with Gasteiger partial charge in [0.2, 0.25) is 0 Å². The summed E-state index contributed by atoms with van der Waals surface area (Å²) in [5.74, 6) is 13.2. The molecule has 0 heterocycles. The summed E-state index contributed by atoms with van der Waals surface area (Å²) in [6, 6.07) is 74.1. The second-order valence-corrected chi connectivity index (χ2v) is 43.0. The molecule has 16 aliphatic rings. The molecule has 0 saturated heterocycles. The van der Waals surface area contributed by atoms with Crippen molar-refractivity contribution in [2.24, 2.45) is 71.0 Å². The molecule has 0 atom stereocenters. The number of carboxylic acids is 1. The molecule has 0 aliphatic heterocycles. The summed E-state index contributed by atoms with van der Waals surface area (Å²) in [6.07, 6.45) is 33.5. The minimum Gasteiger partial charge on any atom is -0.545 e. The molecule has 0 aromatic heterocycles. The maximum absolute atomic E-state index is 11.9. The van der Waals surface area contributed by atoms with E-state index < -0.39 is 5.97 Å². The van der Waals surface area contributed by atoms with E-state index in [1.54, 1.807) is 25.3 Å². The minimum atomic E-state index is -1.14. The second kappa shape index (κ2) is 37.3. The molecule has 15 heteroatoms. The van der Waals surface area contributed by atoms with E-state index in [4.69, 9.17) is 28.4 Å². The van der Waals surface area contributed by atoms with E-state index in [2.05, 4.69) is 158 Å². The van der Waals surface area contributed by atoms with Crippen molar-refractivity contribution in [1.82, 2.24) is 0 Å². The van der Waals surface area contributed by atoms with Crippen LogP contribution in [-0.2, 0) is 35.9 Å². The van der Waals surface area contributed by atoms with Crippen LogP contribution in [0.3, 0.4) is 0 Å². The molecule has 16 aliphatic carbocycles. The number of esters is 3. The van der Waals surface area contributed by atoms with E-state index in [1.807, 2.05) is 100 Å². The normalized spacial score (nSPS) is 27.7. The molecule has 0 radical (unpaired) electrons. The van der Waals surface area contributed by atoms with Crippen molar-refractivity contribution in [2.45, 2.75) is 176 Å². The van der Waals surface area contributed by atoms with Crippen molar-refractivity contribution in [3.63, 3.8) is 0 Å². The summed E-state index contributed by atoms with van der Waals surface area (Å²) in [5, 5.41) is 19.6. The first-order valence-corrected chi connectivity index (χ1v) is 48.8. The molecule has 16 saturated carbocycles. The number of carbonyl (C=O) groups is 4. The molecule has 664 valence electrons. The summed E-state index contributed by atoms with van der Waals surface area (Å²) >= 11 is 7.05. The number of fused-ring (bicyclic) bond motifs is 4. The smallest absolute Gasteiger partial charge is 0.545 e. The first-order chi connectivity index (χ1) is 62.5. The summed E-state index contributed by atoms with van der Waals surface area (Å²) < 4.78 is 39.9. The number of carboxylic acid groups (broad SMARTS) is 1. The van der Waals surface area contributed by atoms with Crippen LogP contribution in [0.4, 0.5) is 0 Å². The number of halogens is 2. The first-order valence-electron chi connectivity index (χ1n) is 47.2. The third-order valence-corrected chi connectivity index (χ3v) is 34.0. The number of benzene rings is 12. The zero-order chi connectivity index (χ0) is 88.8. The molecule has 0 N–H and O–H groups in total. The van der Waals surface area contributed by atoms with Gasteiger partial charge in [-0.2, -0.15) is 0 Å². The third kappa shape index (κ3) is 17.9. The van der Waals surface area contributed by atoms with E-state index in [-0.39, 0.29) is 80.3 Å². The van der Waals surface area contributed by atoms with Gasteiger partial charge in [-0.15, -0.1) is 0 Å². The Morgan fingerprint density at radius 3 is 0.700 bits per heavy atom. The zero-order valence-electron chi connectivity index (χ0n) is 76.3. The first kappa shape index (κ1) is 90.5. The van der Waals surface area contributed by atoms with Crippen LogP contribution >= 0.6 is 31.9 Å². The number of hydrogen-bond acceptors (Lipinski definition) is 12. The summed E-state index contributed by atoms with van der Waals surface area (Å²) in [4.78, 5) is 46.2. The Labute approximate surface area is 824 Å². The Kier molecular flexibility index (Phi) is 26.0. The van der Waals surface area contributed by atoms with Gasteiger partial charge >= 0.3 is 69.3 Å². The van der Waals surface area contributed by atoms with Crippen LogP contribution in [-0.4, -0.2) is 73.6 Å². The number of carbonyl (C=O) groups excluding carboxylic acids is 4. The van der Waals surface area contributed by atoms with Gasteiger partial charge in [-0.05, 0) is 456 Å². The summed E-state index contributed by atoms with van der Waals surface area (Å²) in [5.41, 5.74) is 16.2. The van der Waals surface area contributed by atoms with E-state index in [9.17, 15) is 24.3 Å². The Morgan fingerprint density at radius 1 is 0.246 bits per heavy atom. The molecule has 12 aromatic rings. The summed E-state index contributed by atoms with van der Waals surface area (Å²) in [6.45, 7) is 0. The van der Waals surface area contributed by atoms with Crippen LogP contribution in [0.15, 0.2) is 227 Å². The largest absolute Gasteiger partial charge is 1.00 e. The van der Waals surface area contributed by atoms with E-state index >= 15 is 0 Å². The number of ether oxygens (including phenoxy) is 7. The predicted octanol–water partition coefficient (Wildman–Crippen LogP) is 24.2. The SMILES string of the molecule is COC(=O)c1ccc2cc(-c3ccc(OC)c(C45CC6CC(CC(C6)C4)C5)c3)ccc2c1.COC(=O)c1ccc2cc(-c3ccc(OC)c(C45CC6CC(CC(C6)C4)C5)c3)ccc2c1.COC(=O)c1ccc2cc(Br)ccc2c1.COc1ccc(-c2ccc3cc(C(=O)[O-])ccc3c2)cc1C12CC3CC(CC(C3)C1)C2.COc1ccc(Br)cc1C12CC3CC(CC(C3)C1)C2.[K+]. The van der Waals surface area contributed by atoms with Gasteiger partial charge in [0.1, 0.15) is 23.0 Å². The van der Waals surface area contributed by atoms with Gasteiger partial charge in [0.25, 0.3) is 0 Å². The van der Waals surface area contributed by atoms with Gasteiger partial charge in [-0.1, -0.05) is 123 Å². The number of rotatable bonds is 15. The van der Waals surface area contributed by atoms with E-state index in [1.165, 1.54) is 230 Å². The van der Waals surface area contributed by atoms with Crippen molar-refractivity contribution in [3.8, 4) is 56.4 Å². The molecule has 16 fully saturated rings. The van der Waals surface area contributed by atoms with Gasteiger partial charge < -0.3 is 43.1 Å². The molecular formula is C115H117Br2KO12. The van der Waals surface area contributed by atoms with E-state index in [0.717, 1.165) is 147 Å². The van der Waals surface area contributed by atoms with Gasteiger partial charge in [-0.3, -0.25) is 0 Å². The van der Waals surface area contributed by atoms with Crippen molar-refractivity contribution < 1.29 is 109 Å². The number of hydrogen-bond donors (Lipinski definition) is 0. The van der Waals surface area contributed by atoms with E-state index in [0.29, 0.717) is 32.9 Å². The maximum atomic E-state index is 11.9. The fraction of sp³-hybridized carbons (Fsp3) is 0.409. The van der Waals surface area contributed by atoms with Crippen molar-refractivity contribution >= 4 is 98.8 Å². The minimum absolute atomic E-state index is 0. The Morgan fingerprint density at radius 2 is 0.438 bits per heavy atom. The quantitative estimate of drug-likeness (QED) is 0.0545. The molecule has 28 rings (SSSR count). The topological polar surface area (TPSA) is 156 Å². The molecule has 12 nitrogen and oxygen atoms in total. The molecule has 0 unspecified atom stereocenters. The van der Waals surface area contributed by atoms with Crippen LogP contribution in [0.1, 0.15) is 218 Å². The molecular weight excluding hydrogens is 1770 g/mol. The van der Waals surface area contributed by atoms with Gasteiger partial charge in [0.05, 0.1) is 72.4 Å². The maximum Gasteiger partial charge on any atom is 1.00 e. The molecule has 130 heavy (non-hydrogen) atoms. The molecule has 0 spiro atoms. The van der Waals surface area contributed by atoms with Crippen molar-refractivity contribution in [3.05, 3.63) is 272 Å². The van der Waals surface area contributed by atoms with Crippen LogP contribution in [0.2, 0.25) is 0 Å². The molecule has 0 amide bonds. The Hall–Kier alpha value is -8.64. The number of methoxy groups -OCH3 is 7. The average molecular weight is 1890 g/mol. The Bertz CT molecular complexity index is 6030. The van der Waals surface area contributed by atoms with Crippen molar-refractivity contribution in [2.75, 3.05) is 49.8 Å². The van der Waals surface area contributed by atoms with Gasteiger partial charge in [0, 0.05) is 31.2 Å². The fourth-order valence-electron chi connectivity index (χ4n) is 29.1. The second-order valence-electron chi connectivity index (χ2n) is 41.2. The van der Waals surface area contributed by atoms with Gasteiger partial charge in [0.15, 0.2) is 0 Å². The fourth-order valence-corrected chi connectivity index (χ4v) is 29.9. The van der Waals surface area contributed by atoms with Gasteiger partial charge in [-0.25, -0.2) is 14.4 Å². The molecule has 12 aromatic carbocycles. The van der Waals surface area contributed by atoms with Crippen LogP contribution in [0.25, 0.3) is 76.5 Å². The Balaban J connectivity index is 0.000000108. The monoisotopic (exact) mass is 1890 g/mol. The zero-order valence-corrected chi connectivity index (χ0v) is 82.6. The predicted molar refractivity (Wildman–Crippen MR) is 518 cm³/mol. The standard InChI is InChI=1S/2C29H30O3.C28H28O3.C17H21BrO.C12H9BrO2.K/c2*1-31-27-8-7-24(14-26(27)29-15-18-9-19(16-29)11-20(10-18)17-29)22-3-4-23-13-25(28(30)32-2)6-5-21(23)12-22;1-31-26-7-6-23(21-2-3-22-12-24(27(29)30)5-4-20(22)11-21)13-25(26)28-14-17-8-18(15-28)10-19(9-17)16-28;1-19-16-3-2-14(18)7-15(16)17-8-11-4-12(9-17)6-13(5-11)10-17;1-15-12(14)10-3-2-9-7-11(13)5-4-8(9)6-10;/h2*3-8,12-14,18-20H,9-11,15-17H2,1-2H3;2-7,11-13,17-19H,8-10,14-16H2,1H3,(H,29,30);2-3,7,11-13H,4-6,8-10H2,1H3;2-7H,1H3;/q;;;;;+1/p-1. The number of aromatic carboxylic acids is 1. The third-order valence-electron chi connectivity index (χ3n) is 33.0. The van der Waals surface area contributed by atoms with Crippen LogP contribution < -0.4 is 75.4 Å². The summed E-state index contributed by atoms with van der Waals surface area (Å²) in [7, 11) is 11.5. The molecule has 16 bridgehead atoms. The van der Waals surface area contributed by atoms with Crippen LogP contribution in [0, 0.1) is 71.0 Å².